The molecular weight excluding hydrogens is 292 g/mol. The number of carbonyl (C=O) groups excluding carboxylic acids is 2. The van der Waals surface area contributed by atoms with Crippen molar-refractivity contribution in [3.63, 3.8) is 0 Å². The summed E-state index contributed by atoms with van der Waals surface area (Å²) in [5.74, 6) is 0.303. The molecule has 1 aliphatic carbocycles. The van der Waals surface area contributed by atoms with Gasteiger partial charge in [-0.05, 0) is 30.7 Å². The van der Waals surface area contributed by atoms with Crippen molar-refractivity contribution in [2.24, 2.45) is 0 Å². The van der Waals surface area contributed by atoms with Crippen LogP contribution in [0.15, 0.2) is 65.9 Å². The molecule has 23 heavy (non-hydrogen) atoms. The highest BCUT2D eigenvalue weighted by atomic mass is 16.5. The van der Waals surface area contributed by atoms with E-state index in [1.807, 2.05) is 30.3 Å². The summed E-state index contributed by atoms with van der Waals surface area (Å²) in [5, 5.41) is 9.88. The van der Waals surface area contributed by atoms with Crippen molar-refractivity contribution < 1.29 is 19.4 Å². The van der Waals surface area contributed by atoms with E-state index in [-0.39, 0.29) is 17.1 Å². The number of allylic oxidation sites excluding steroid dienone is 2. The smallest absolute Gasteiger partial charge is 0.200 e. The highest BCUT2D eigenvalue weighted by Gasteiger charge is 2.27. The topological polar surface area (TPSA) is 63.6 Å². The minimum Gasteiger partial charge on any atom is -0.511 e. The van der Waals surface area contributed by atoms with E-state index >= 15 is 0 Å². The lowest BCUT2D eigenvalue weighted by molar-refractivity contribution is -0.116. The summed E-state index contributed by atoms with van der Waals surface area (Å²) in [4.78, 5) is 24.5. The van der Waals surface area contributed by atoms with Crippen LogP contribution < -0.4 is 4.74 Å². The second-order valence-corrected chi connectivity index (χ2v) is 5.37. The van der Waals surface area contributed by atoms with Gasteiger partial charge in [0.15, 0.2) is 11.6 Å². The number of para-hydroxylation sites is 1. The molecule has 0 saturated heterocycles. The molecule has 0 atom stereocenters. The van der Waals surface area contributed by atoms with Crippen molar-refractivity contribution in [2.75, 3.05) is 0 Å². The largest absolute Gasteiger partial charge is 0.511 e. The van der Waals surface area contributed by atoms with Crippen molar-refractivity contribution in [3.8, 4) is 11.5 Å². The third-order valence-corrected chi connectivity index (χ3v) is 3.69. The van der Waals surface area contributed by atoms with E-state index in [1.165, 1.54) is 0 Å². The highest BCUT2D eigenvalue weighted by Crippen LogP contribution is 2.26. The fourth-order valence-corrected chi connectivity index (χ4v) is 2.55. The molecule has 2 aromatic rings. The zero-order valence-electron chi connectivity index (χ0n) is 12.5. The van der Waals surface area contributed by atoms with E-state index in [0.29, 0.717) is 36.3 Å². The standard InChI is InChI=1S/C19H16O4/c20-16-10-5-11-17(21)18(16)19(22)13-6-4-9-15(12-13)23-14-7-2-1-3-8-14/h1-4,6-9,12,20H,5,10-11H2. The van der Waals surface area contributed by atoms with Gasteiger partial charge in [-0.3, -0.25) is 9.59 Å². The summed E-state index contributed by atoms with van der Waals surface area (Å²) in [5.41, 5.74) is 0.239. The third kappa shape index (κ3) is 3.31. The van der Waals surface area contributed by atoms with Crippen LogP contribution in [0.5, 0.6) is 11.5 Å². The van der Waals surface area contributed by atoms with Gasteiger partial charge in [-0.1, -0.05) is 30.3 Å². The first kappa shape index (κ1) is 15.0. The van der Waals surface area contributed by atoms with Crippen LogP contribution in [0.3, 0.4) is 0 Å². The van der Waals surface area contributed by atoms with Gasteiger partial charge in [0.25, 0.3) is 0 Å². The lowest BCUT2D eigenvalue weighted by Crippen LogP contribution is -2.19. The molecule has 0 fully saturated rings. The predicted octanol–water partition coefficient (Wildman–Crippen LogP) is 4.23. The van der Waals surface area contributed by atoms with E-state index in [1.54, 1.807) is 24.3 Å². The van der Waals surface area contributed by atoms with E-state index in [4.69, 9.17) is 4.74 Å². The maximum absolute atomic E-state index is 12.5. The molecule has 0 aromatic heterocycles. The fraction of sp³-hybridized carbons (Fsp3) is 0.158. The van der Waals surface area contributed by atoms with Crippen LogP contribution in [0.25, 0.3) is 0 Å². The van der Waals surface area contributed by atoms with Crippen molar-refractivity contribution in [2.45, 2.75) is 19.3 Å². The van der Waals surface area contributed by atoms with Crippen molar-refractivity contribution in [3.05, 3.63) is 71.5 Å². The molecule has 2 aromatic carbocycles. The number of ketones is 2. The van der Waals surface area contributed by atoms with E-state index < -0.39 is 5.78 Å². The first-order chi connectivity index (χ1) is 11.1. The van der Waals surface area contributed by atoms with Crippen LogP contribution in [0.2, 0.25) is 0 Å². The predicted molar refractivity (Wildman–Crippen MR) is 85.8 cm³/mol. The second-order valence-electron chi connectivity index (χ2n) is 5.37. The Kier molecular flexibility index (Phi) is 4.24. The molecule has 3 rings (SSSR count). The van der Waals surface area contributed by atoms with E-state index in [0.717, 1.165) is 0 Å². The maximum Gasteiger partial charge on any atom is 0.200 e. The molecule has 0 spiro atoms. The van der Waals surface area contributed by atoms with Gasteiger partial charge in [-0.15, -0.1) is 0 Å². The molecule has 1 aliphatic rings. The minimum atomic E-state index is -0.453. The summed E-state index contributed by atoms with van der Waals surface area (Å²) in [7, 11) is 0. The monoisotopic (exact) mass is 308 g/mol. The Morgan fingerprint density at radius 3 is 2.43 bits per heavy atom. The number of rotatable bonds is 4. The zero-order chi connectivity index (χ0) is 16.2. The molecule has 0 unspecified atom stereocenters. The molecule has 0 aliphatic heterocycles. The lowest BCUT2D eigenvalue weighted by atomic mass is 9.90. The molecule has 0 heterocycles. The number of carbonyl (C=O) groups is 2. The van der Waals surface area contributed by atoms with Gasteiger partial charge in [0.2, 0.25) is 0 Å². The van der Waals surface area contributed by atoms with Crippen molar-refractivity contribution in [1.29, 1.82) is 0 Å². The second kappa shape index (κ2) is 6.48. The Hall–Kier alpha value is -2.88. The fourth-order valence-electron chi connectivity index (χ4n) is 2.55. The Bertz CT molecular complexity index is 775. The molecule has 0 radical (unpaired) electrons. The summed E-state index contributed by atoms with van der Waals surface area (Å²) >= 11 is 0. The molecule has 0 amide bonds. The summed E-state index contributed by atoms with van der Waals surface area (Å²) < 4.78 is 5.69. The Morgan fingerprint density at radius 1 is 0.957 bits per heavy atom. The van der Waals surface area contributed by atoms with Crippen molar-refractivity contribution in [1.82, 2.24) is 0 Å². The number of aliphatic hydroxyl groups is 1. The summed E-state index contributed by atoms with van der Waals surface area (Å²) in [6.45, 7) is 0. The Labute approximate surface area is 134 Å². The van der Waals surface area contributed by atoms with Gasteiger partial charge in [0, 0.05) is 18.4 Å². The van der Waals surface area contributed by atoms with Gasteiger partial charge in [-0.2, -0.15) is 0 Å². The van der Waals surface area contributed by atoms with Crippen LogP contribution in [0.4, 0.5) is 0 Å². The normalized spacial score (nSPS) is 14.7. The number of ether oxygens (including phenoxy) is 1. The van der Waals surface area contributed by atoms with Crippen molar-refractivity contribution >= 4 is 11.6 Å². The number of aliphatic hydroxyl groups excluding tert-OH is 1. The highest BCUT2D eigenvalue weighted by molar-refractivity contribution is 6.26. The van der Waals surface area contributed by atoms with Gasteiger partial charge in [-0.25, -0.2) is 0 Å². The number of hydrogen-bond acceptors (Lipinski definition) is 4. The first-order valence-corrected chi connectivity index (χ1v) is 7.48. The number of benzene rings is 2. The minimum absolute atomic E-state index is 0.0897. The average molecular weight is 308 g/mol. The van der Waals surface area contributed by atoms with Crippen LogP contribution in [0, 0.1) is 0 Å². The zero-order valence-corrected chi connectivity index (χ0v) is 12.5. The Balaban J connectivity index is 1.88. The molecule has 4 nitrogen and oxygen atoms in total. The Morgan fingerprint density at radius 2 is 1.70 bits per heavy atom. The van der Waals surface area contributed by atoms with Crippen LogP contribution >= 0.6 is 0 Å². The quantitative estimate of drug-likeness (QED) is 0.678. The lowest BCUT2D eigenvalue weighted by Gasteiger charge is -2.14. The molecule has 0 bridgehead atoms. The molecule has 0 saturated carbocycles. The van der Waals surface area contributed by atoms with Crippen LogP contribution in [-0.4, -0.2) is 16.7 Å². The van der Waals surface area contributed by atoms with Crippen LogP contribution in [0.1, 0.15) is 29.6 Å². The SMILES string of the molecule is O=C1CCCC(O)=C1C(=O)c1cccc(Oc2ccccc2)c1. The number of Topliss-reactive ketones (excluding diaryl/α,β-unsaturated/α-hetero) is 2. The third-order valence-electron chi connectivity index (χ3n) is 3.69. The van der Waals surface area contributed by atoms with Gasteiger partial charge in [0.05, 0.1) is 0 Å². The summed E-state index contributed by atoms with van der Waals surface area (Å²) in [6, 6.07) is 15.8. The van der Waals surface area contributed by atoms with Gasteiger partial charge in [0.1, 0.15) is 22.8 Å². The number of hydrogen-bond donors (Lipinski definition) is 1. The summed E-state index contributed by atoms with van der Waals surface area (Å²) in [6.07, 6.45) is 1.25. The van der Waals surface area contributed by atoms with Gasteiger partial charge < -0.3 is 9.84 Å². The van der Waals surface area contributed by atoms with Gasteiger partial charge >= 0.3 is 0 Å². The molecule has 116 valence electrons. The molecule has 1 N–H and O–H groups in total. The first-order valence-electron chi connectivity index (χ1n) is 7.48. The maximum atomic E-state index is 12.5. The molecular formula is C19H16O4. The van der Waals surface area contributed by atoms with E-state index in [9.17, 15) is 14.7 Å². The van der Waals surface area contributed by atoms with E-state index in [2.05, 4.69) is 0 Å². The molecule has 4 heteroatoms. The average Bonchev–Trinajstić information content (AvgIpc) is 2.56. The van der Waals surface area contributed by atoms with Crippen LogP contribution in [-0.2, 0) is 4.79 Å².